The minimum absolute atomic E-state index is 0.224. The van der Waals surface area contributed by atoms with E-state index in [4.69, 9.17) is 0 Å². The van der Waals surface area contributed by atoms with Crippen molar-refractivity contribution in [3.05, 3.63) is 83.2 Å². The first-order valence-electron chi connectivity index (χ1n) is 12.9. The molecule has 3 heteroatoms. The van der Waals surface area contributed by atoms with Gasteiger partial charge in [0.15, 0.2) is 11.6 Å². The molecule has 180 valence electrons. The monoisotopic (exact) mass is 464 g/mol. The highest BCUT2D eigenvalue weighted by Gasteiger charge is 2.23. The maximum atomic E-state index is 15.1. The summed E-state index contributed by atoms with van der Waals surface area (Å²) in [5, 5.41) is 0. The van der Waals surface area contributed by atoms with Crippen LogP contribution in [-0.2, 0) is 6.42 Å². The average molecular weight is 465 g/mol. The van der Waals surface area contributed by atoms with Gasteiger partial charge in [-0.15, -0.1) is 0 Å². The Balaban J connectivity index is 1.50. The Hall–Kier alpha value is -2.55. The zero-order valence-electron chi connectivity index (χ0n) is 20.3. The molecule has 0 spiro atoms. The predicted molar refractivity (Wildman–Crippen MR) is 135 cm³/mol. The first-order valence-corrected chi connectivity index (χ1v) is 12.9. The summed E-state index contributed by atoms with van der Waals surface area (Å²) in [7, 11) is 0. The highest BCUT2D eigenvalue weighted by molar-refractivity contribution is 5.71. The van der Waals surface area contributed by atoms with Crippen LogP contribution < -0.4 is 0 Å². The third kappa shape index (κ3) is 5.40. The molecule has 0 atom stereocenters. The van der Waals surface area contributed by atoms with E-state index in [0.29, 0.717) is 29.0 Å². The van der Waals surface area contributed by atoms with Gasteiger partial charge < -0.3 is 0 Å². The molecule has 0 N–H and O–H groups in total. The topological polar surface area (TPSA) is 0 Å². The number of unbranched alkanes of at least 4 members (excludes halogenated alkanes) is 1. The first-order chi connectivity index (χ1) is 16.5. The van der Waals surface area contributed by atoms with Gasteiger partial charge in [0.05, 0.1) is 0 Å². The molecule has 0 aliphatic heterocycles. The molecule has 3 aromatic carbocycles. The summed E-state index contributed by atoms with van der Waals surface area (Å²) in [6.45, 7) is 4.27. The highest BCUT2D eigenvalue weighted by Crippen LogP contribution is 2.39. The average Bonchev–Trinajstić information content (AvgIpc) is 2.86. The fourth-order valence-corrected chi connectivity index (χ4v) is 5.41. The minimum Gasteiger partial charge on any atom is -0.206 e. The van der Waals surface area contributed by atoms with Gasteiger partial charge in [-0.05, 0) is 78.7 Å². The van der Waals surface area contributed by atoms with Crippen molar-refractivity contribution < 1.29 is 13.2 Å². The van der Waals surface area contributed by atoms with Crippen LogP contribution in [0.15, 0.2) is 54.6 Å². The van der Waals surface area contributed by atoms with Crippen molar-refractivity contribution in [3.63, 3.8) is 0 Å². The lowest BCUT2D eigenvalue weighted by Crippen LogP contribution is -2.13. The van der Waals surface area contributed by atoms with Crippen LogP contribution in [0, 0.1) is 23.4 Å². The number of benzene rings is 3. The molecule has 3 aromatic rings. The summed E-state index contributed by atoms with van der Waals surface area (Å²) in [5.74, 6) is -0.531. The fraction of sp³-hybridized carbons (Fsp3) is 0.419. The summed E-state index contributed by atoms with van der Waals surface area (Å²) in [5.41, 5.74) is 3.60. The highest BCUT2D eigenvalue weighted by atomic mass is 19.2. The molecular weight excluding hydrogens is 429 g/mol. The molecule has 0 heterocycles. The van der Waals surface area contributed by atoms with Crippen molar-refractivity contribution in [2.45, 2.75) is 77.6 Å². The van der Waals surface area contributed by atoms with Crippen LogP contribution in [0.25, 0.3) is 22.3 Å². The van der Waals surface area contributed by atoms with Gasteiger partial charge in [0.25, 0.3) is 0 Å². The molecule has 1 aliphatic carbocycles. The summed E-state index contributed by atoms with van der Waals surface area (Å²) in [4.78, 5) is 0. The predicted octanol–water partition coefficient (Wildman–Crippen LogP) is 9.85. The minimum atomic E-state index is -0.814. The Morgan fingerprint density at radius 3 is 1.97 bits per heavy atom. The van der Waals surface area contributed by atoms with E-state index < -0.39 is 11.6 Å². The second kappa shape index (κ2) is 11.3. The maximum Gasteiger partial charge on any atom is 0.166 e. The van der Waals surface area contributed by atoms with Crippen molar-refractivity contribution in [2.24, 2.45) is 5.92 Å². The van der Waals surface area contributed by atoms with Gasteiger partial charge in [0, 0.05) is 11.1 Å². The molecule has 0 bridgehead atoms. The van der Waals surface area contributed by atoms with Crippen LogP contribution in [0.4, 0.5) is 13.2 Å². The van der Waals surface area contributed by atoms with E-state index in [-0.39, 0.29) is 11.4 Å². The Bertz CT molecular complexity index is 1090. The van der Waals surface area contributed by atoms with Gasteiger partial charge in [0.2, 0.25) is 0 Å². The lowest BCUT2D eigenvalue weighted by molar-refractivity contribution is 0.308. The second-order valence-corrected chi connectivity index (χ2v) is 9.83. The number of halogens is 3. The zero-order chi connectivity index (χ0) is 24.1. The standard InChI is InChI=1S/C31H35F3/c1-3-5-7-25-16-19-28(31(34)30(25)33)24-14-12-23(13-15-24)27-18-17-26(20-29(27)32)22-10-8-21(6-4-2)9-11-22/h12-22H,3-11H2,1-2H3. The summed E-state index contributed by atoms with van der Waals surface area (Å²) in [6, 6.07) is 16.0. The van der Waals surface area contributed by atoms with Crippen LogP contribution in [0.2, 0.25) is 0 Å². The van der Waals surface area contributed by atoms with Crippen LogP contribution in [0.1, 0.15) is 82.3 Å². The van der Waals surface area contributed by atoms with Crippen molar-refractivity contribution in [1.29, 1.82) is 0 Å². The SMILES string of the molecule is CCCCc1ccc(-c2ccc(-c3ccc(C4CCC(CCC)CC4)cc3F)cc2)c(F)c1F. The number of rotatable bonds is 8. The van der Waals surface area contributed by atoms with E-state index in [2.05, 4.69) is 13.0 Å². The number of aryl methyl sites for hydroxylation is 1. The lowest BCUT2D eigenvalue weighted by Gasteiger charge is -2.28. The molecule has 4 rings (SSSR count). The Labute approximate surface area is 202 Å². The largest absolute Gasteiger partial charge is 0.206 e. The normalized spacial score (nSPS) is 18.3. The molecule has 0 amide bonds. The Morgan fingerprint density at radius 1 is 0.706 bits per heavy atom. The zero-order valence-corrected chi connectivity index (χ0v) is 20.3. The maximum absolute atomic E-state index is 15.1. The van der Waals surface area contributed by atoms with E-state index in [9.17, 15) is 8.78 Å². The number of hydrogen-bond acceptors (Lipinski definition) is 0. The van der Waals surface area contributed by atoms with Crippen molar-refractivity contribution in [2.75, 3.05) is 0 Å². The molecule has 1 saturated carbocycles. The van der Waals surface area contributed by atoms with Crippen LogP contribution in [0.5, 0.6) is 0 Å². The summed E-state index contributed by atoms with van der Waals surface area (Å²) < 4.78 is 44.3. The molecule has 0 aromatic heterocycles. The van der Waals surface area contributed by atoms with Gasteiger partial charge in [-0.3, -0.25) is 0 Å². The van der Waals surface area contributed by atoms with Gasteiger partial charge >= 0.3 is 0 Å². The molecule has 0 unspecified atom stereocenters. The van der Waals surface area contributed by atoms with E-state index in [1.165, 1.54) is 25.7 Å². The Kier molecular flexibility index (Phi) is 8.13. The van der Waals surface area contributed by atoms with Crippen LogP contribution >= 0.6 is 0 Å². The van der Waals surface area contributed by atoms with Gasteiger partial charge in [-0.25, -0.2) is 13.2 Å². The van der Waals surface area contributed by atoms with Gasteiger partial charge in [-0.2, -0.15) is 0 Å². The lowest BCUT2D eigenvalue weighted by atomic mass is 9.77. The summed E-state index contributed by atoms with van der Waals surface area (Å²) >= 11 is 0. The van der Waals surface area contributed by atoms with Crippen LogP contribution in [0.3, 0.4) is 0 Å². The second-order valence-electron chi connectivity index (χ2n) is 9.83. The fourth-order valence-electron chi connectivity index (χ4n) is 5.41. The van der Waals surface area contributed by atoms with E-state index >= 15 is 4.39 Å². The van der Waals surface area contributed by atoms with Crippen LogP contribution in [-0.4, -0.2) is 0 Å². The molecule has 34 heavy (non-hydrogen) atoms. The van der Waals surface area contributed by atoms with E-state index in [1.54, 1.807) is 42.5 Å². The van der Waals surface area contributed by atoms with Gasteiger partial charge in [0.1, 0.15) is 5.82 Å². The third-order valence-electron chi connectivity index (χ3n) is 7.48. The first kappa shape index (κ1) is 24.6. The van der Waals surface area contributed by atoms with Crippen molar-refractivity contribution in [1.82, 2.24) is 0 Å². The molecule has 0 radical (unpaired) electrons. The number of hydrogen-bond donors (Lipinski definition) is 0. The molecular formula is C31H35F3. The third-order valence-corrected chi connectivity index (χ3v) is 7.48. The molecule has 0 saturated heterocycles. The van der Waals surface area contributed by atoms with Crippen molar-refractivity contribution >= 4 is 0 Å². The van der Waals surface area contributed by atoms with Gasteiger partial charge in [-0.1, -0.05) is 81.6 Å². The molecule has 1 aliphatic rings. The van der Waals surface area contributed by atoms with E-state index in [1.807, 2.05) is 13.0 Å². The summed E-state index contributed by atoms with van der Waals surface area (Å²) in [6.07, 6.45) is 9.58. The van der Waals surface area contributed by atoms with Crippen molar-refractivity contribution in [3.8, 4) is 22.3 Å². The quantitative estimate of drug-likeness (QED) is 0.311. The Morgan fingerprint density at radius 2 is 1.35 bits per heavy atom. The molecule has 1 fully saturated rings. The smallest absolute Gasteiger partial charge is 0.166 e. The molecule has 0 nitrogen and oxygen atoms in total. The van der Waals surface area contributed by atoms with E-state index in [0.717, 1.165) is 42.7 Å².